The van der Waals surface area contributed by atoms with Crippen LogP contribution in [0.3, 0.4) is 0 Å². The minimum atomic E-state index is 0.175. The summed E-state index contributed by atoms with van der Waals surface area (Å²) in [5.41, 5.74) is 0. The highest BCUT2D eigenvalue weighted by Gasteiger charge is 2.27. The Hall–Kier alpha value is -0.830. The van der Waals surface area contributed by atoms with Crippen LogP contribution in [0.15, 0.2) is 17.5 Å². The van der Waals surface area contributed by atoms with E-state index >= 15 is 0 Å². The molecule has 3 heteroatoms. The second-order valence-corrected chi connectivity index (χ2v) is 5.88. The van der Waals surface area contributed by atoms with Crippen LogP contribution in [-0.2, 0) is 4.79 Å². The lowest BCUT2D eigenvalue weighted by Gasteiger charge is -2.29. The van der Waals surface area contributed by atoms with Crippen molar-refractivity contribution in [3.63, 3.8) is 0 Å². The lowest BCUT2D eigenvalue weighted by molar-refractivity contribution is -0.121. The van der Waals surface area contributed by atoms with E-state index in [4.69, 9.17) is 0 Å². The predicted octanol–water partition coefficient (Wildman–Crippen LogP) is 3.55. The summed E-state index contributed by atoms with van der Waals surface area (Å²) in [6.45, 7) is 0. The Bertz CT molecular complexity index is 341. The van der Waals surface area contributed by atoms with Crippen molar-refractivity contribution in [2.24, 2.45) is 5.92 Å². The molecule has 0 spiro atoms. The van der Waals surface area contributed by atoms with Crippen LogP contribution in [0.2, 0.25) is 0 Å². The first-order valence-electron chi connectivity index (χ1n) is 6.55. The molecular formula is C14H21NOS. The van der Waals surface area contributed by atoms with E-state index in [1.54, 1.807) is 18.4 Å². The summed E-state index contributed by atoms with van der Waals surface area (Å²) >= 11 is 1.80. The van der Waals surface area contributed by atoms with Gasteiger partial charge < -0.3 is 5.32 Å². The number of hydrogen-bond acceptors (Lipinski definition) is 2. The van der Waals surface area contributed by atoms with Crippen molar-refractivity contribution < 1.29 is 4.79 Å². The summed E-state index contributed by atoms with van der Waals surface area (Å²) in [7, 11) is 1.73. The maximum Gasteiger partial charge on any atom is 0.220 e. The van der Waals surface area contributed by atoms with Crippen molar-refractivity contribution in [3.05, 3.63) is 22.4 Å². The van der Waals surface area contributed by atoms with Gasteiger partial charge in [-0.05, 0) is 30.2 Å². The molecule has 1 aromatic heterocycles. The molecule has 1 amide bonds. The minimum Gasteiger partial charge on any atom is -0.359 e. The van der Waals surface area contributed by atoms with E-state index in [0.29, 0.717) is 18.3 Å². The van der Waals surface area contributed by atoms with E-state index in [0.717, 1.165) is 0 Å². The first-order valence-corrected chi connectivity index (χ1v) is 7.43. The zero-order chi connectivity index (χ0) is 12.1. The number of carbonyl (C=O) groups is 1. The van der Waals surface area contributed by atoms with Gasteiger partial charge in [0.1, 0.15) is 0 Å². The molecule has 0 bridgehead atoms. The summed E-state index contributed by atoms with van der Waals surface area (Å²) in [6.07, 6.45) is 7.27. The molecule has 1 aliphatic rings. The molecule has 1 fully saturated rings. The SMILES string of the molecule is CNC(=O)CC(c1cccs1)C1CCCCC1. The van der Waals surface area contributed by atoms with Gasteiger partial charge in [-0.1, -0.05) is 25.3 Å². The van der Waals surface area contributed by atoms with Crippen LogP contribution < -0.4 is 5.32 Å². The highest BCUT2D eigenvalue weighted by Crippen LogP contribution is 2.39. The Morgan fingerprint density at radius 1 is 1.47 bits per heavy atom. The van der Waals surface area contributed by atoms with Crippen LogP contribution in [0.1, 0.15) is 49.3 Å². The second-order valence-electron chi connectivity index (χ2n) is 4.90. The van der Waals surface area contributed by atoms with Crippen LogP contribution in [-0.4, -0.2) is 13.0 Å². The highest BCUT2D eigenvalue weighted by molar-refractivity contribution is 7.10. The molecule has 2 nitrogen and oxygen atoms in total. The van der Waals surface area contributed by atoms with Gasteiger partial charge in [0.2, 0.25) is 5.91 Å². The van der Waals surface area contributed by atoms with Gasteiger partial charge in [0, 0.05) is 24.3 Å². The largest absolute Gasteiger partial charge is 0.359 e. The topological polar surface area (TPSA) is 29.1 Å². The number of nitrogens with one attached hydrogen (secondary N) is 1. The summed E-state index contributed by atoms with van der Waals surface area (Å²) in [5, 5.41) is 4.88. The van der Waals surface area contributed by atoms with E-state index in [2.05, 4.69) is 22.8 Å². The molecule has 1 heterocycles. The third kappa shape index (κ3) is 3.32. The molecule has 0 aromatic carbocycles. The average Bonchev–Trinajstić information content (AvgIpc) is 2.90. The van der Waals surface area contributed by atoms with Gasteiger partial charge in [-0.2, -0.15) is 0 Å². The van der Waals surface area contributed by atoms with Crippen LogP contribution >= 0.6 is 11.3 Å². The zero-order valence-corrected chi connectivity index (χ0v) is 11.3. The van der Waals surface area contributed by atoms with E-state index in [1.165, 1.54) is 37.0 Å². The standard InChI is InChI=1S/C14H21NOS/c1-15-14(16)10-12(13-8-5-9-17-13)11-6-3-2-4-7-11/h5,8-9,11-12H,2-4,6-7,10H2,1H3,(H,15,16). The third-order valence-electron chi connectivity index (χ3n) is 3.81. The number of rotatable bonds is 4. The van der Waals surface area contributed by atoms with Gasteiger partial charge in [-0.3, -0.25) is 4.79 Å². The van der Waals surface area contributed by atoms with Gasteiger partial charge in [0.25, 0.3) is 0 Å². The van der Waals surface area contributed by atoms with Crippen LogP contribution in [0.5, 0.6) is 0 Å². The maximum absolute atomic E-state index is 11.7. The molecule has 0 aliphatic heterocycles. The van der Waals surface area contributed by atoms with Crippen molar-refractivity contribution in [3.8, 4) is 0 Å². The van der Waals surface area contributed by atoms with Gasteiger partial charge in [-0.15, -0.1) is 11.3 Å². The minimum absolute atomic E-state index is 0.175. The maximum atomic E-state index is 11.7. The van der Waals surface area contributed by atoms with E-state index in [1.807, 2.05) is 0 Å². The third-order valence-corrected chi connectivity index (χ3v) is 4.82. The van der Waals surface area contributed by atoms with Gasteiger partial charge in [0.15, 0.2) is 0 Å². The molecule has 94 valence electrons. The molecule has 1 unspecified atom stereocenters. The molecular weight excluding hydrogens is 230 g/mol. The van der Waals surface area contributed by atoms with Gasteiger partial charge in [-0.25, -0.2) is 0 Å². The number of carbonyl (C=O) groups excluding carboxylic acids is 1. The Kier molecular flexibility index (Phi) is 4.60. The summed E-state index contributed by atoms with van der Waals surface area (Å²) < 4.78 is 0. The molecule has 1 aromatic rings. The lowest BCUT2D eigenvalue weighted by Crippen LogP contribution is -2.25. The van der Waals surface area contributed by atoms with Crippen molar-refractivity contribution in [2.75, 3.05) is 7.05 Å². The molecule has 1 N–H and O–H groups in total. The Labute approximate surface area is 107 Å². The van der Waals surface area contributed by atoms with Crippen LogP contribution in [0.25, 0.3) is 0 Å². The highest BCUT2D eigenvalue weighted by atomic mass is 32.1. The second kappa shape index (κ2) is 6.20. The van der Waals surface area contributed by atoms with E-state index < -0.39 is 0 Å². The van der Waals surface area contributed by atoms with Crippen molar-refractivity contribution in [1.82, 2.24) is 5.32 Å². The normalized spacial score (nSPS) is 18.9. The quantitative estimate of drug-likeness (QED) is 0.871. The van der Waals surface area contributed by atoms with Gasteiger partial charge in [0.05, 0.1) is 0 Å². The molecule has 0 radical (unpaired) electrons. The Morgan fingerprint density at radius 2 is 2.24 bits per heavy atom. The number of amides is 1. The molecule has 2 rings (SSSR count). The van der Waals surface area contributed by atoms with Crippen molar-refractivity contribution in [2.45, 2.75) is 44.4 Å². The Morgan fingerprint density at radius 3 is 2.82 bits per heavy atom. The first kappa shape index (κ1) is 12.6. The molecule has 1 saturated carbocycles. The predicted molar refractivity (Wildman–Crippen MR) is 72.3 cm³/mol. The summed E-state index contributed by atoms with van der Waals surface area (Å²) in [6, 6.07) is 4.28. The summed E-state index contributed by atoms with van der Waals surface area (Å²) in [4.78, 5) is 13.0. The zero-order valence-electron chi connectivity index (χ0n) is 10.4. The first-order chi connectivity index (χ1) is 8.31. The fraction of sp³-hybridized carbons (Fsp3) is 0.643. The Balaban J connectivity index is 2.08. The van der Waals surface area contributed by atoms with Crippen LogP contribution in [0.4, 0.5) is 0 Å². The smallest absolute Gasteiger partial charge is 0.220 e. The van der Waals surface area contributed by atoms with E-state index in [9.17, 15) is 4.79 Å². The van der Waals surface area contributed by atoms with Crippen molar-refractivity contribution in [1.29, 1.82) is 0 Å². The van der Waals surface area contributed by atoms with Crippen molar-refractivity contribution >= 4 is 17.2 Å². The monoisotopic (exact) mass is 251 g/mol. The number of thiophene rings is 1. The molecule has 0 saturated heterocycles. The summed E-state index contributed by atoms with van der Waals surface area (Å²) in [5.74, 6) is 1.32. The molecule has 1 aliphatic carbocycles. The fourth-order valence-corrected chi connectivity index (χ4v) is 3.76. The fourth-order valence-electron chi connectivity index (χ4n) is 2.84. The van der Waals surface area contributed by atoms with Gasteiger partial charge >= 0.3 is 0 Å². The van der Waals surface area contributed by atoms with Crippen LogP contribution in [0, 0.1) is 5.92 Å². The molecule has 1 atom stereocenters. The number of hydrogen-bond donors (Lipinski definition) is 1. The van der Waals surface area contributed by atoms with E-state index in [-0.39, 0.29) is 5.91 Å². The average molecular weight is 251 g/mol. The molecule has 17 heavy (non-hydrogen) atoms. The lowest BCUT2D eigenvalue weighted by atomic mass is 9.77.